The fraction of sp³-hybridized carbons (Fsp3) is 0.600. The number of sulfonamides is 1. The summed E-state index contributed by atoms with van der Waals surface area (Å²) in [5.41, 5.74) is 7.49. The Morgan fingerprint density at radius 1 is 1.30 bits per heavy atom. The zero-order chi connectivity index (χ0) is 14.9. The number of rotatable bonds is 3. The van der Waals surface area contributed by atoms with Gasteiger partial charge in [0.05, 0.1) is 4.90 Å². The van der Waals surface area contributed by atoms with Crippen LogP contribution in [0.5, 0.6) is 0 Å². The third-order valence-electron chi connectivity index (χ3n) is 4.17. The lowest BCUT2D eigenvalue weighted by Gasteiger charge is -2.35. The first-order valence-electron chi connectivity index (χ1n) is 7.26. The molecule has 2 N–H and O–H groups in total. The Morgan fingerprint density at radius 3 is 2.60 bits per heavy atom. The molecule has 1 heterocycles. The molecule has 112 valence electrons. The number of piperidine rings is 1. The Bertz CT molecular complexity index is 584. The van der Waals surface area contributed by atoms with Crippen molar-refractivity contribution >= 4 is 15.7 Å². The molecule has 0 aliphatic carbocycles. The first kappa shape index (κ1) is 15.3. The summed E-state index contributed by atoms with van der Waals surface area (Å²) in [7, 11) is -3.44. The van der Waals surface area contributed by atoms with E-state index in [1.54, 1.807) is 16.4 Å². The van der Waals surface area contributed by atoms with Crippen molar-refractivity contribution in [2.75, 3.05) is 12.3 Å². The molecule has 1 aliphatic heterocycles. The Kier molecular flexibility index (Phi) is 4.39. The SMILES string of the molecule is CCc1ccc(S(=O)(=O)N2CC(C)CCC2C)cc1N. The molecule has 0 radical (unpaired) electrons. The monoisotopic (exact) mass is 296 g/mol. The Morgan fingerprint density at radius 2 is 2.00 bits per heavy atom. The van der Waals surface area contributed by atoms with Crippen molar-refractivity contribution in [3.05, 3.63) is 23.8 Å². The van der Waals surface area contributed by atoms with Gasteiger partial charge >= 0.3 is 0 Å². The maximum Gasteiger partial charge on any atom is 0.243 e. The molecule has 0 bridgehead atoms. The van der Waals surface area contributed by atoms with Crippen LogP contribution in [0.1, 0.15) is 39.2 Å². The highest BCUT2D eigenvalue weighted by Crippen LogP contribution is 2.29. The van der Waals surface area contributed by atoms with E-state index in [9.17, 15) is 8.42 Å². The van der Waals surface area contributed by atoms with Crippen LogP contribution in [0.4, 0.5) is 5.69 Å². The number of hydrogen-bond donors (Lipinski definition) is 1. The van der Waals surface area contributed by atoms with Gasteiger partial charge in [0.25, 0.3) is 0 Å². The number of hydrogen-bond acceptors (Lipinski definition) is 3. The number of nitrogens with two attached hydrogens (primary N) is 1. The van der Waals surface area contributed by atoms with Gasteiger partial charge in [-0.3, -0.25) is 0 Å². The standard InChI is InChI=1S/C15H24N2O2S/c1-4-13-7-8-14(9-15(13)16)20(18,19)17-10-11(2)5-6-12(17)3/h7-9,11-12H,4-6,10,16H2,1-3H3. The molecule has 2 rings (SSSR count). The van der Waals surface area contributed by atoms with Gasteiger partial charge in [0, 0.05) is 18.3 Å². The first-order chi connectivity index (χ1) is 9.36. The van der Waals surface area contributed by atoms with E-state index in [0.717, 1.165) is 24.8 Å². The van der Waals surface area contributed by atoms with Crippen LogP contribution in [-0.2, 0) is 16.4 Å². The molecular weight excluding hydrogens is 272 g/mol. The van der Waals surface area contributed by atoms with Crippen LogP contribution < -0.4 is 5.73 Å². The largest absolute Gasteiger partial charge is 0.398 e. The third kappa shape index (κ3) is 2.83. The molecular formula is C15H24N2O2S. The number of nitrogens with zero attached hydrogens (tertiary/aromatic N) is 1. The minimum atomic E-state index is -3.44. The summed E-state index contributed by atoms with van der Waals surface area (Å²) in [5, 5.41) is 0. The fourth-order valence-corrected chi connectivity index (χ4v) is 4.59. The van der Waals surface area contributed by atoms with E-state index in [0.29, 0.717) is 23.0 Å². The number of anilines is 1. The van der Waals surface area contributed by atoms with Crippen molar-refractivity contribution in [2.45, 2.75) is 51.0 Å². The highest BCUT2D eigenvalue weighted by Gasteiger charge is 2.33. The summed E-state index contributed by atoms with van der Waals surface area (Å²) >= 11 is 0. The Balaban J connectivity index is 2.36. The summed E-state index contributed by atoms with van der Waals surface area (Å²) in [4.78, 5) is 0.313. The molecule has 2 atom stereocenters. The van der Waals surface area contributed by atoms with E-state index in [4.69, 9.17) is 5.73 Å². The minimum absolute atomic E-state index is 0.0586. The molecule has 2 unspecified atom stereocenters. The third-order valence-corrected chi connectivity index (χ3v) is 6.14. The summed E-state index contributed by atoms with van der Waals surface area (Å²) in [6, 6.07) is 5.15. The van der Waals surface area contributed by atoms with Gasteiger partial charge in [0.15, 0.2) is 0 Å². The van der Waals surface area contributed by atoms with Gasteiger partial charge < -0.3 is 5.73 Å². The molecule has 0 amide bonds. The van der Waals surface area contributed by atoms with Crippen LogP contribution in [0.3, 0.4) is 0 Å². The second kappa shape index (κ2) is 5.74. The van der Waals surface area contributed by atoms with E-state index >= 15 is 0 Å². The van der Waals surface area contributed by atoms with Crippen LogP contribution in [-0.4, -0.2) is 25.3 Å². The van der Waals surface area contributed by atoms with Gasteiger partial charge in [-0.15, -0.1) is 0 Å². The lowest BCUT2D eigenvalue weighted by atomic mass is 9.97. The zero-order valence-electron chi connectivity index (χ0n) is 12.5. The van der Waals surface area contributed by atoms with Crippen molar-refractivity contribution in [3.63, 3.8) is 0 Å². The van der Waals surface area contributed by atoms with Crippen molar-refractivity contribution in [1.29, 1.82) is 0 Å². The minimum Gasteiger partial charge on any atom is -0.398 e. The summed E-state index contributed by atoms with van der Waals surface area (Å²) in [6.45, 7) is 6.68. The molecule has 0 spiro atoms. The number of aryl methyl sites for hydroxylation is 1. The van der Waals surface area contributed by atoms with Crippen LogP contribution in [0.2, 0.25) is 0 Å². The van der Waals surface area contributed by atoms with Gasteiger partial charge in [-0.1, -0.05) is 19.9 Å². The average molecular weight is 296 g/mol. The van der Waals surface area contributed by atoms with Crippen LogP contribution >= 0.6 is 0 Å². The lowest BCUT2D eigenvalue weighted by Crippen LogP contribution is -2.44. The quantitative estimate of drug-likeness (QED) is 0.872. The van der Waals surface area contributed by atoms with Gasteiger partial charge in [-0.2, -0.15) is 4.31 Å². The van der Waals surface area contributed by atoms with Gasteiger partial charge in [0.2, 0.25) is 10.0 Å². The predicted molar refractivity (Wildman–Crippen MR) is 82.0 cm³/mol. The summed E-state index contributed by atoms with van der Waals surface area (Å²) in [5.74, 6) is 0.410. The normalized spacial score (nSPS) is 24.8. The molecule has 0 saturated carbocycles. The molecule has 20 heavy (non-hydrogen) atoms. The van der Waals surface area contributed by atoms with Gasteiger partial charge in [0.1, 0.15) is 0 Å². The Labute approximate surface area is 122 Å². The average Bonchev–Trinajstić information content (AvgIpc) is 2.41. The molecule has 5 heteroatoms. The molecule has 1 aromatic carbocycles. The summed E-state index contributed by atoms with van der Waals surface area (Å²) < 4.78 is 27.2. The van der Waals surface area contributed by atoms with Crippen LogP contribution in [0.15, 0.2) is 23.1 Å². The number of nitrogen functional groups attached to an aromatic ring is 1. The van der Waals surface area contributed by atoms with Crippen molar-refractivity contribution < 1.29 is 8.42 Å². The molecule has 0 aromatic heterocycles. The first-order valence-corrected chi connectivity index (χ1v) is 8.70. The van der Waals surface area contributed by atoms with Crippen molar-refractivity contribution in [2.24, 2.45) is 5.92 Å². The zero-order valence-corrected chi connectivity index (χ0v) is 13.3. The van der Waals surface area contributed by atoms with E-state index in [2.05, 4.69) is 6.92 Å². The van der Waals surface area contributed by atoms with E-state index in [1.165, 1.54) is 0 Å². The van der Waals surface area contributed by atoms with Gasteiger partial charge in [-0.05, 0) is 49.8 Å². The fourth-order valence-electron chi connectivity index (χ4n) is 2.77. The maximum atomic E-state index is 12.8. The number of benzene rings is 1. The highest BCUT2D eigenvalue weighted by molar-refractivity contribution is 7.89. The molecule has 1 aliphatic rings. The van der Waals surface area contributed by atoms with E-state index in [1.807, 2.05) is 19.9 Å². The second-order valence-corrected chi connectivity index (χ2v) is 7.71. The molecule has 1 saturated heterocycles. The second-order valence-electron chi connectivity index (χ2n) is 5.82. The molecule has 1 fully saturated rings. The van der Waals surface area contributed by atoms with E-state index < -0.39 is 10.0 Å². The molecule has 1 aromatic rings. The van der Waals surface area contributed by atoms with Crippen LogP contribution in [0, 0.1) is 5.92 Å². The smallest absolute Gasteiger partial charge is 0.243 e. The molecule has 4 nitrogen and oxygen atoms in total. The highest BCUT2D eigenvalue weighted by atomic mass is 32.2. The van der Waals surface area contributed by atoms with Crippen molar-refractivity contribution in [3.8, 4) is 0 Å². The maximum absolute atomic E-state index is 12.8. The van der Waals surface area contributed by atoms with Crippen LogP contribution in [0.25, 0.3) is 0 Å². The lowest BCUT2D eigenvalue weighted by molar-refractivity contribution is 0.218. The van der Waals surface area contributed by atoms with Gasteiger partial charge in [-0.25, -0.2) is 8.42 Å². The predicted octanol–water partition coefficient (Wildman–Crippen LogP) is 2.64. The topological polar surface area (TPSA) is 63.4 Å². The van der Waals surface area contributed by atoms with E-state index in [-0.39, 0.29) is 6.04 Å². The van der Waals surface area contributed by atoms with Crippen molar-refractivity contribution in [1.82, 2.24) is 4.31 Å². The summed E-state index contributed by atoms with van der Waals surface area (Å²) in [6.07, 6.45) is 2.82. The Hall–Kier alpha value is -1.07.